The van der Waals surface area contributed by atoms with Gasteiger partial charge in [0.15, 0.2) is 0 Å². The Morgan fingerprint density at radius 1 is 1.03 bits per heavy atom. The van der Waals surface area contributed by atoms with Crippen molar-refractivity contribution in [3.05, 3.63) is 89.2 Å². The second-order valence-electron chi connectivity index (χ2n) is 6.72. The Balaban J connectivity index is 1.59. The predicted octanol–water partition coefficient (Wildman–Crippen LogP) is 4.76. The van der Waals surface area contributed by atoms with Crippen LogP contribution in [0.2, 0.25) is 5.21 Å². The van der Waals surface area contributed by atoms with Gasteiger partial charge in [-0.15, -0.1) is 0 Å². The minimum absolute atomic E-state index is 0.0986. The Morgan fingerprint density at radius 2 is 1.78 bits per heavy atom. The fraction of sp³-hybridized carbons (Fsp3) is 0.174. The van der Waals surface area contributed by atoms with Crippen LogP contribution in [-0.4, -0.2) is 38.3 Å². The zero-order valence-corrected chi connectivity index (χ0v) is 18.9. The van der Waals surface area contributed by atoms with Crippen LogP contribution in [0.4, 0.5) is 13.2 Å². The number of pyridine rings is 1. The first-order valence-electron chi connectivity index (χ1n) is 9.60. The molecule has 1 aromatic heterocycles. The number of aryl methyl sites for hydroxylation is 1. The Morgan fingerprint density at radius 3 is 2.53 bits per heavy atom. The molecule has 0 aliphatic carbocycles. The average Bonchev–Trinajstić information content (AvgIpc) is 2.78. The second kappa shape index (κ2) is 10.5. The maximum absolute atomic E-state index is 12.8. The molecule has 32 heavy (non-hydrogen) atoms. The van der Waals surface area contributed by atoms with E-state index < -0.39 is 27.5 Å². The molecule has 5 nitrogen and oxygen atoms in total. The molecule has 0 aliphatic heterocycles. The van der Waals surface area contributed by atoms with E-state index in [-0.39, 0.29) is 21.7 Å². The number of ether oxygens (including phenoxy) is 1. The minimum atomic E-state index is -4.47. The van der Waals surface area contributed by atoms with Gasteiger partial charge in [0.25, 0.3) is 0 Å². The number of alkyl halides is 3. The summed E-state index contributed by atoms with van der Waals surface area (Å²) in [7, 11) is 1.51. The molecule has 3 rings (SSSR count). The SMILES string of the molecule is CNC(=O)c1cc(Oc2cccc(CC[As]C(=O)c3cccc(C(F)(F)F)c3)c2)ccn1. The van der Waals surface area contributed by atoms with Gasteiger partial charge in [-0.2, -0.15) is 0 Å². The number of rotatable bonds is 8. The molecular weight excluding hydrogens is 484 g/mol. The number of nitrogens with zero attached hydrogens (tertiary/aromatic N) is 1. The van der Waals surface area contributed by atoms with Gasteiger partial charge in [0.2, 0.25) is 0 Å². The van der Waals surface area contributed by atoms with Crippen molar-refractivity contribution in [3.8, 4) is 11.5 Å². The van der Waals surface area contributed by atoms with Gasteiger partial charge in [-0.05, 0) is 0 Å². The number of benzene rings is 2. The molecule has 1 amide bonds. The third kappa shape index (κ3) is 6.44. The second-order valence-corrected chi connectivity index (χ2v) is 9.17. The monoisotopic (exact) mass is 503 g/mol. The third-order valence-corrected chi connectivity index (χ3v) is 6.50. The van der Waals surface area contributed by atoms with E-state index in [1.54, 1.807) is 12.1 Å². The van der Waals surface area contributed by atoms with Crippen molar-refractivity contribution in [1.82, 2.24) is 10.3 Å². The first-order valence-corrected chi connectivity index (χ1v) is 11.9. The Labute approximate surface area is 189 Å². The van der Waals surface area contributed by atoms with Crippen LogP contribution in [-0.2, 0) is 12.6 Å². The molecule has 0 saturated heterocycles. The van der Waals surface area contributed by atoms with Gasteiger partial charge >= 0.3 is 190 Å². The maximum atomic E-state index is 12.8. The van der Waals surface area contributed by atoms with Crippen molar-refractivity contribution in [2.75, 3.05) is 7.05 Å². The fourth-order valence-corrected chi connectivity index (χ4v) is 4.71. The van der Waals surface area contributed by atoms with E-state index in [1.165, 1.54) is 31.4 Å². The van der Waals surface area contributed by atoms with Crippen LogP contribution in [0.1, 0.15) is 32.0 Å². The van der Waals surface area contributed by atoms with Crippen molar-refractivity contribution in [2.45, 2.75) is 17.8 Å². The molecule has 0 saturated carbocycles. The summed E-state index contributed by atoms with van der Waals surface area (Å²) in [4.78, 5) is 28.0. The van der Waals surface area contributed by atoms with Crippen LogP contribution in [0.3, 0.4) is 0 Å². The van der Waals surface area contributed by atoms with E-state index >= 15 is 0 Å². The third-order valence-electron chi connectivity index (χ3n) is 4.42. The van der Waals surface area contributed by atoms with E-state index in [0.717, 1.165) is 17.7 Å². The molecule has 0 atom stereocenters. The molecule has 3 aromatic rings. The summed E-state index contributed by atoms with van der Waals surface area (Å²) in [6, 6.07) is 15.0. The summed E-state index contributed by atoms with van der Waals surface area (Å²) >= 11 is -0.803. The van der Waals surface area contributed by atoms with Crippen LogP contribution >= 0.6 is 0 Å². The topological polar surface area (TPSA) is 68.3 Å². The molecule has 1 N–H and O–H groups in total. The van der Waals surface area contributed by atoms with Gasteiger partial charge < -0.3 is 0 Å². The van der Waals surface area contributed by atoms with Crippen molar-refractivity contribution in [2.24, 2.45) is 0 Å². The van der Waals surface area contributed by atoms with E-state index in [0.29, 0.717) is 23.1 Å². The van der Waals surface area contributed by atoms with Crippen molar-refractivity contribution >= 4 is 26.2 Å². The number of amides is 1. The summed E-state index contributed by atoms with van der Waals surface area (Å²) in [5.41, 5.74) is 0.458. The van der Waals surface area contributed by atoms with Crippen LogP contribution < -0.4 is 10.1 Å². The number of halogens is 3. The number of carbonyl (C=O) groups excluding carboxylic acids is 2. The average molecular weight is 503 g/mol. The van der Waals surface area contributed by atoms with Crippen molar-refractivity contribution < 1.29 is 27.5 Å². The predicted molar refractivity (Wildman–Crippen MR) is 114 cm³/mol. The first kappa shape index (κ1) is 23.5. The Hall–Kier alpha value is -3.12. The van der Waals surface area contributed by atoms with E-state index in [2.05, 4.69) is 10.3 Å². The molecule has 0 unspecified atom stereocenters. The zero-order chi connectivity index (χ0) is 23.1. The van der Waals surface area contributed by atoms with E-state index in [4.69, 9.17) is 4.74 Å². The first-order chi connectivity index (χ1) is 15.3. The van der Waals surface area contributed by atoms with Crippen molar-refractivity contribution in [1.29, 1.82) is 0 Å². The number of aromatic nitrogens is 1. The Kier molecular flexibility index (Phi) is 7.70. The number of nitrogens with one attached hydrogen (secondary N) is 1. The van der Waals surface area contributed by atoms with Gasteiger partial charge in [-0.1, -0.05) is 0 Å². The van der Waals surface area contributed by atoms with Gasteiger partial charge in [-0.3, -0.25) is 0 Å². The van der Waals surface area contributed by atoms with E-state index in [9.17, 15) is 22.8 Å². The summed E-state index contributed by atoms with van der Waals surface area (Å²) in [6.45, 7) is 0. The quantitative estimate of drug-likeness (QED) is 0.451. The summed E-state index contributed by atoms with van der Waals surface area (Å²) in [6.07, 6.45) is -2.39. The number of carbonyl (C=O) groups is 2. The van der Waals surface area contributed by atoms with Crippen LogP contribution in [0.15, 0.2) is 66.9 Å². The molecule has 0 aliphatic rings. The van der Waals surface area contributed by atoms with Gasteiger partial charge in [0.1, 0.15) is 0 Å². The van der Waals surface area contributed by atoms with Crippen LogP contribution in [0.25, 0.3) is 0 Å². The van der Waals surface area contributed by atoms with Gasteiger partial charge in [0, 0.05) is 0 Å². The molecule has 0 bridgehead atoms. The molecule has 165 valence electrons. The van der Waals surface area contributed by atoms with Gasteiger partial charge in [0.05, 0.1) is 0 Å². The summed E-state index contributed by atoms with van der Waals surface area (Å²) in [5, 5.41) is 3.07. The summed E-state index contributed by atoms with van der Waals surface area (Å²) in [5.74, 6) is 0.705. The zero-order valence-electron chi connectivity index (χ0n) is 17.0. The molecule has 2 aromatic carbocycles. The van der Waals surface area contributed by atoms with Crippen LogP contribution in [0, 0.1) is 0 Å². The molecule has 1 heterocycles. The van der Waals surface area contributed by atoms with E-state index in [1.807, 2.05) is 18.2 Å². The van der Waals surface area contributed by atoms with Crippen LogP contribution in [0.5, 0.6) is 11.5 Å². The molecule has 9 heteroatoms. The van der Waals surface area contributed by atoms with Gasteiger partial charge in [-0.25, -0.2) is 0 Å². The molecule has 0 fully saturated rings. The Bertz CT molecular complexity index is 1120. The summed E-state index contributed by atoms with van der Waals surface area (Å²) < 4.78 is 44.1. The normalized spacial score (nSPS) is 11.5. The number of hydrogen-bond acceptors (Lipinski definition) is 4. The fourth-order valence-electron chi connectivity index (χ4n) is 2.83. The molecular formula is C23H19AsF3N2O3. The molecule has 0 spiro atoms. The molecule has 1 radical (unpaired) electrons. The number of hydrogen-bond donors (Lipinski definition) is 1. The van der Waals surface area contributed by atoms with Crippen molar-refractivity contribution in [3.63, 3.8) is 0 Å². The standard InChI is InChI=1S/C23H19AsF3N2O3/c1-28-22(31)20-14-19(9-11-29-20)32-18-7-2-4-15(12-18)8-10-24-21(30)16-5-3-6-17(13-16)23(25,26)27/h2-7,9,11-14H,8,10H2,1H3,(H,28,31).